The predicted molar refractivity (Wildman–Crippen MR) is 321 cm³/mol. The fourth-order valence-corrected chi connectivity index (χ4v) is 8.43. The second kappa shape index (κ2) is 55.2. The lowest BCUT2D eigenvalue weighted by Crippen LogP contribution is -2.37. The summed E-state index contributed by atoms with van der Waals surface area (Å²) in [5, 5.41) is 0. The van der Waals surface area contributed by atoms with Crippen LogP contribution in [0.15, 0.2) is 122 Å². The number of likely N-dealkylation sites (N-methyl/N-ethyl adjacent to an activating group) is 1. The van der Waals surface area contributed by atoms with Gasteiger partial charge in [0, 0.05) is 12.8 Å². The first kappa shape index (κ1) is 71.4. The van der Waals surface area contributed by atoms with Crippen molar-refractivity contribution in [2.75, 3.05) is 47.5 Å². The van der Waals surface area contributed by atoms with Gasteiger partial charge in [0.05, 0.1) is 27.7 Å². The van der Waals surface area contributed by atoms with Crippen LogP contribution in [-0.4, -0.2) is 74.9 Å². The Labute approximate surface area is 460 Å². The number of carbonyl (C=O) groups is 2. The van der Waals surface area contributed by atoms with Crippen molar-refractivity contribution in [1.82, 2.24) is 0 Å². The van der Waals surface area contributed by atoms with Gasteiger partial charge in [0.2, 0.25) is 0 Å². The molecular formula is C65H111NO8P+. The van der Waals surface area contributed by atoms with Gasteiger partial charge in [-0.1, -0.05) is 245 Å². The van der Waals surface area contributed by atoms with Gasteiger partial charge in [-0.25, -0.2) is 4.57 Å². The smallest absolute Gasteiger partial charge is 0.462 e. The number of phosphoric ester groups is 1. The van der Waals surface area contributed by atoms with Crippen molar-refractivity contribution in [1.29, 1.82) is 0 Å². The van der Waals surface area contributed by atoms with Crippen molar-refractivity contribution in [2.24, 2.45) is 0 Å². The summed E-state index contributed by atoms with van der Waals surface area (Å²) in [5.41, 5.74) is 0. The number of carbonyl (C=O) groups excluding carboxylic acids is 2. The first-order valence-electron chi connectivity index (χ1n) is 29.8. The molecule has 0 aromatic carbocycles. The quantitative estimate of drug-likeness (QED) is 0.0211. The molecule has 75 heavy (non-hydrogen) atoms. The Balaban J connectivity index is 4.03. The van der Waals surface area contributed by atoms with Gasteiger partial charge in [-0.2, -0.15) is 0 Å². The molecule has 0 bridgehead atoms. The third-order valence-electron chi connectivity index (χ3n) is 12.3. The molecule has 0 rings (SSSR count). The summed E-state index contributed by atoms with van der Waals surface area (Å²) in [6, 6.07) is 0. The zero-order valence-electron chi connectivity index (χ0n) is 48.5. The molecule has 0 aromatic rings. The van der Waals surface area contributed by atoms with E-state index in [0.717, 1.165) is 109 Å². The lowest BCUT2D eigenvalue weighted by atomic mass is 10.0. The minimum absolute atomic E-state index is 0.0271. The summed E-state index contributed by atoms with van der Waals surface area (Å²) in [5.74, 6) is -0.808. The average Bonchev–Trinajstić information content (AvgIpc) is 3.37. The molecule has 0 radical (unpaired) electrons. The highest BCUT2D eigenvalue weighted by Crippen LogP contribution is 2.43. The number of phosphoric acid groups is 1. The summed E-state index contributed by atoms with van der Waals surface area (Å²) in [6.07, 6.45) is 78.6. The molecule has 0 spiro atoms. The summed E-state index contributed by atoms with van der Waals surface area (Å²) in [6.45, 7) is 4.28. The molecule has 0 saturated carbocycles. The Morgan fingerprint density at radius 2 is 0.760 bits per heavy atom. The van der Waals surface area contributed by atoms with E-state index in [9.17, 15) is 19.0 Å². The van der Waals surface area contributed by atoms with E-state index < -0.39 is 26.5 Å². The van der Waals surface area contributed by atoms with E-state index in [0.29, 0.717) is 17.4 Å². The van der Waals surface area contributed by atoms with E-state index in [1.165, 1.54) is 83.5 Å². The third-order valence-corrected chi connectivity index (χ3v) is 13.2. The van der Waals surface area contributed by atoms with Gasteiger partial charge < -0.3 is 18.9 Å². The number of hydrogen-bond acceptors (Lipinski definition) is 7. The molecule has 0 aromatic heterocycles. The molecular weight excluding hydrogens is 954 g/mol. The van der Waals surface area contributed by atoms with Crippen molar-refractivity contribution in [3.8, 4) is 0 Å². The molecule has 428 valence electrons. The Kier molecular flexibility index (Phi) is 52.5. The number of quaternary nitrogens is 1. The minimum atomic E-state index is -4.38. The SMILES string of the molecule is CC/C=C\C/C=C\C/C=C\C/C=C\C/C=C\C/C=C\C/C=C\C/C=C\C/C=C\C/C=C\CCCCCCCCCCCCC(=O)OC(COC(=O)CCCCCCCCCCCC)COP(=O)(O)OCC[N+](C)(C)C. The average molecular weight is 1070 g/mol. The zero-order valence-corrected chi connectivity index (χ0v) is 49.4. The van der Waals surface area contributed by atoms with Crippen LogP contribution in [0.1, 0.15) is 226 Å². The molecule has 0 aliphatic carbocycles. The van der Waals surface area contributed by atoms with Gasteiger partial charge in [-0.05, 0) is 89.9 Å². The predicted octanol–water partition coefficient (Wildman–Crippen LogP) is 18.8. The maximum atomic E-state index is 12.8. The van der Waals surface area contributed by atoms with Crippen molar-refractivity contribution in [2.45, 2.75) is 232 Å². The molecule has 10 heteroatoms. The molecule has 2 unspecified atom stereocenters. The summed E-state index contributed by atoms with van der Waals surface area (Å²) in [4.78, 5) is 35.5. The van der Waals surface area contributed by atoms with E-state index >= 15 is 0 Å². The zero-order chi connectivity index (χ0) is 54.9. The van der Waals surface area contributed by atoms with Gasteiger partial charge in [-0.15, -0.1) is 0 Å². The normalized spacial score (nSPS) is 14.2. The van der Waals surface area contributed by atoms with Gasteiger partial charge in [0.15, 0.2) is 6.10 Å². The standard InChI is InChI=1S/C65H110NO8P/c1-6-8-10-12-14-16-18-19-20-21-22-23-24-25-26-27-28-29-30-31-32-33-34-35-36-37-38-39-40-41-42-43-44-45-46-47-48-50-52-54-56-58-65(68)74-63(62-73-75(69,70)72-60-59-66(3,4)5)61-71-64(67)57-55-53-51-49-17-15-13-11-9-7-2/h8,10,14,16,19-20,22-23,25-26,28-29,31-32,34-35,37-38,40-41,63H,6-7,9,11-13,15,17-18,21,24,27,30,33,36,39,42-62H2,1-5H3/p+1/b10-8-,16-14-,20-19-,23-22-,26-25-,29-28-,32-31-,35-34-,38-37-,41-40-. The van der Waals surface area contributed by atoms with Crippen molar-refractivity contribution in [3.05, 3.63) is 122 Å². The van der Waals surface area contributed by atoms with Crippen LogP contribution in [0, 0.1) is 0 Å². The van der Waals surface area contributed by atoms with Crippen LogP contribution in [0.5, 0.6) is 0 Å². The molecule has 0 heterocycles. The van der Waals surface area contributed by atoms with E-state index in [2.05, 4.69) is 135 Å². The Morgan fingerprint density at radius 1 is 0.427 bits per heavy atom. The van der Waals surface area contributed by atoms with Crippen LogP contribution in [-0.2, 0) is 32.7 Å². The van der Waals surface area contributed by atoms with E-state index in [1.807, 2.05) is 21.1 Å². The molecule has 9 nitrogen and oxygen atoms in total. The first-order valence-corrected chi connectivity index (χ1v) is 31.3. The lowest BCUT2D eigenvalue weighted by molar-refractivity contribution is -0.870. The number of esters is 2. The number of rotatable bonds is 53. The Morgan fingerprint density at radius 3 is 1.13 bits per heavy atom. The fourth-order valence-electron chi connectivity index (χ4n) is 7.69. The van der Waals surface area contributed by atoms with Gasteiger partial charge in [-0.3, -0.25) is 18.6 Å². The largest absolute Gasteiger partial charge is 0.472 e. The third kappa shape index (κ3) is 59.5. The van der Waals surface area contributed by atoms with E-state index in [-0.39, 0.29) is 32.0 Å². The fraction of sp³-hybridized carbons (Fsp3) is 0.662. The highest BCUT2D eigenvalue weighted by atomic mass is 31.2. The number of hydrogen-bond donors (Lipinski definition) is 1. The lowest BCUT2D eigenvalue weighted by Gasteiger charge is -2.24. The number of ether oxygens (including phenoxy) is 2. The van der Waals surface area contributed by atoms with Crippen LogP contribution >= 0.6 is 7.82 Å². The molecule has 0 aliphatic heterocycles. The highest BCUT2D eigenvalue weighted by Gasteiger charge is 2.27. The van der Waals surface area contributed by atoms with E-state index in [1.54, 1.807) is 0 Å². The maximum absolute atomic E-state index is 12.8. The molecule has 1 N–H and O–H groups in total. The number of nitrogens with zero attached hydrogens (tertiary/aromatic N) is 1. The van der Waals surface area contributed by atoms with Crippen LogP contribution in [0.2, 0.25) is 0 Å². The second-order valence-corrected chi connectivity index (χ2v) is 22.1. The van der Waals surface area contributed by atoms with Crippen molar-refractivity contribution < 1.29 is 42.1 Å². The molecule has 0 fully saturated rings. The van der Waals surface area contributed by atoms with Gasteiger partial charge >= 0.3 is 19.8 Å². The minimum Gasteiger partial charge on any atom is -0.462 e. The summed E-state index contributed by atoms with van der Waals surface area (Å²) in [7, 11) is 1.46. The van der Waals surface area contributed by atoms with Crippen LogP contribution in [0.4, 0.5) is 0 Å². The van der Waals surface area contributed by atoms with Crippen molar-refractivity contribution in [3.63, 3.8) is 0 Å². The molecule has 0 aliphatic rings. The highest BCUT2D eigenvalue weighted by molar-refractivity contribution is 7.47. The topological polar surface area (TPSA) is 108 Å². The molecule has 0 saturated heterocycles. The van der Waals surface area contributed by atoms with Crippen LogP contribution in [0.25, 0.3) is 0 Å². The van der Waals surface area contributed by atoms with Gasteiger partial charge in [0.25, 0.3) is 0 Å². The number of unbranched alkanes of at least 4 members (excludes halogenated alkanes) is 19. The summed E-state index contributed by atoms with van der Waals surface area (Å²) >= 11 is 0. The van der Waals surface area contributed by atoms with Crippen molar-refractivity contribution >= 4 is 19.8 Å². The van der Waals surface area contributed by atoms with Crippen LogP contribution in [0.3, 0.4) is 0 Å². The Hall–Kier alpha value is -3.59. The monoisotopic (exact) mass is 1060 g/mol. The second-order valence-electron chi connectivity index (χ2n) is 20.7. The number of allylic oxidation sites excluding steroid dienone is 20. The first-order chi connectivity index (χ1) is 36.5. The summed E-state index contributed by atoms with van der Waals surface area (Å²) < 4.78 is 34.4. The van der Waals surface area contributed by atoms with Gasteiger partial charge in [0.1, 0.15) is 19.8 Å². The molecule has 2 atom stereocenters. The maximum Gasteiger partial charge on any atom is 0.472 e. The van der Waals surface area contributed by atoms with E-state index in [4.69, 9.17) is 18.5 Å². The van der Waals surface area contributed by atoms with Crippen LogP contribution < -0.4 is 0 Å². The Bertz CT molecular complexity index is 1680. The molecule has 0 amide bonds.